The summed E-state index contributed by atoms with van der Waals surface area (Å²) >= 11 is 0. The Hall–Kier alpha value is -4.04. The van der Waals surface area contributed by atoms with Crippen molar-refractivity contribution in [3.8, 4) is 0 Å². The molecule has 0 saturated heterocycles. The van der Waals surface area contributed by atoms with Crippen LogP contribution in [0.3, 0.4) is 0 Å². The second-order valence-electron chi connectivity index (χ2n) is 8.72. The molecule has 0 bridgehead atoms. The van der Waals surface area contributed by atoms with Gasteiger partial charge in [0.25, 0.3) is 11.4 Å². The van der Waals surface area contributed by atoms with Gasteiger partial charge in [0.15, 0.2) is 0 Å². The highest BCUT2D eigenvalue weighted by molar-refractivity contribution is 5.86. The SMILES string of the molecule is O=[N+]([O-])c1cc2c(c([N+](=O)[O-])c1)CC1(c3ccccc3)c3[nH]c4ccccc4c3CCN1C2. The van der Waals surface area contributed by atoms with Crippen LogP contribution < -0.4 is 0 Å². The molecule has 1 N–H and O–H groups in total. The first-order chi connectivity index (χ1) is 16.0. The van der Waals surface area contributed by atoms with Crippen molar-refractivity contribution in [2.75, 3.05) is 6.54 Å². The van der Waals surface area contributed by atoms with Crippen molar-refractivity contribution < 1.29 is 9.85 Å². The minimum absolute atomic E-state index is 0.183. The van der Waals surface area contributed by atoms with Gasteiger partial charge in [-0.05, 0) is 29.2 Å². The fourth-order valence-electron chi connectivity index (χ4n) is 5.74. The molecule has 8 nitrogen and oxygen atoms in total. The summed E-state index contributed by atoms with van der Waals surface area (Å²) in [6.07, 6.45) is 1.20. The molecule has 0 aliphatic carbocycles. The molecule has 3 aromatic carbocycles. The van der Waals surface area contributed by atoms with Crippen molar-refractivity contribution in [2.45, 2.75) is 24.9 Å². The molecule has 0 spiro atoms. The standard InChI is InChI=1S/C25H20N4O4/c30-28(31)18-12-16-15-27-11-10-20-19-8-4-5-9-22(19)26-24(20)25(27,17-6-2-1-3-7-17)14-21(16)23(13-18)29(32)33/h1-9,12-13,26H,10-11,14-15H2. The van der Waals surface area contributed by atoms with Crippen LogP contribution in [-0.2, 0) is 24.9 Å². The molecule has 8 heteroatoms. The molecule has 164 valence electrons. The van der Waals surface area contributed by atoms with Gasteiger partial charge in [-0.15, -0.1) is 0 Å². The molecule has 3 heterocycles. The van der Waals surface area contributed by atoms with Crippen LogP contribution >= 0.6 is 0 Å². The third-order valence-corrected chi connectivity index (χ3v) is 7.15. The average molecular weight is 440 g/mol. The third-order valence-electron chi connectivity index (χ3n) is 7.15. The van der Waals surface area contributed by atoms with Crippen molar-refractivity contribution in [2.24, 2.45) is 0 Å². The first-order valence-electron chi connectivity index (χ1n) is 10.8. The van der Waals surface area contributed by atoms with Crippen molar-refractivity contribution in [1.82, 2.24) is 9.88 Å². The highest BCUT2D eigenvalue weighted by atomic mass is 16.6. The van der Waals surface area contributed by atoms with Gasteiger partial charge in [0.05, 0.1) is 21.5 Å². The van der Waals surface area contributed by atoms with Crippen molar-refractivity contribution in [3.05, 3.63) is 115 Å². The van der Waals surface area contributed by atoms with Crippen molar-refractivity contribution in [3.63, 3.8) is 0 Å². The minimum atomic E-state index is -0.623. The lowest BCUT2D eigenvalue weighted by Crippen LogP contribution is -2.55. The summed E-state index contributed by atoms with van der Waals surface area (Å²) in [4.78, 5) is 28.4. The molecular formula is C25H20N4O4. The predicted molar refractivity (Wildman–Crippen MR) is 123 cm³/mol. The minimum Gasteiger partial charge on any atom is -0.356 e. The fourth-order valence-corrected chi connectivity index (χ4v) is 5.74. The number of nitro benzene ring substituents is 2. The largest absolute Gasteiger partial charge is 0.356 e. The number of fused-ring (bicyclic) bond motifs is 6. The van der Waals surface area contributed by atoms with E-state index in [0.717, 1.165) is 35.8 Å². The Labute approximate surface area is 188 Å². The summed E-state index contributed by atoms with van der Waals surface area (Å²) in [6.45, 7) is 1.15. The van der Waals surface area contributed by atoms with Crippen LogP contribution in [-0.4, -0.2) is 26.3 Å². The molecule has 33 heavy (non-hydrogen) atoms. The quantitative estimate of drug-likeness (QED) is 0.362. The number of hydrogen-bond acceptors (Lipinski definition) is 5. The number of non-ortho nitro benzene ring substituents is 1. The van der Waals surface area contributed by atoms with Crippen LogP contribution in [0.1, 0.15) is 27.9 Å². The van der Waals surface area contributed by atoms with Gasteiger partial charge in [-0.3, -0.25) is 25.1 Å². The Kier molecular flexibility index (Phi) is 4.15. The molecule has 0 saturated carbocycles. The Morgan fingerprint density at radius 1 is 0.909 bits per heavy atom. The van der Waals surface area contributed by atoms with E-state index in [9.17, 15) is 20.2 Å². The lowest BCUT2D eigenvalue weighted by Gasteiger charge is -2.50. The second-order valence-corrected chi connectivity index (χ2v) is 8.72. The number of nitrogens with one attached hydrogen (secondary N) is 1. The number of benzene rings is 3. The topological polar surface area (TPSA) is 105 Å². The van der Waals surface area contributed by atoms with Gasteiger partial charge in [0, 0.05) is 47.7 Å². The zero-order valence-electron chi connectivity index (χ0n) is 17.7. The number of H-pyrrole nitrogens is 1. The van der Waals surface area contributed by atoms with Gasteiger partial charge in [0.1, 0.15) is 0 Å². The first-order valence-corrected chi connectivity index (χ1v) is 10.8. The molecule has 2 aliphatic heterocycles. The number of para-hydroxylation sites is 1. The monoisotopic (exact) mass is 440 g/mol. The molecule has 1 aromatic heterocycles. The van der Waals surface area contributed by atoms with Crippen LogP contribution in [0.25, 0.3) is 10.9 Å². The maximum absolute atomic E-state index is 12.0. The van der Waals surface area contributed by atoms with Gasteiger partial charge in [-0.25, -0.2) is 0 Å². The maximum Gasteiger partial charge on any atom is 0.279 e. The van der Waals surface area contributed by atoms with Gasteiger partial charge >= 0.3 is 0 Å². The number of aromatic nitrogens is 1. The van der Waals surface area contributed by atoms with E-state index in [0.29, 0.717) is 24.1 Å². The van der Waals surface area contributed by atoms with Gasteiger partial charge in [0.2, 0.25) is 0 Å². The number of aromatic amines is 1. The molecule has 1 atom stereocenters. The highest BCUT2D eigenvalue weighted by Crippen LogP contribution is 2.50. The molecule has 2 aliphatic rings. The maximum atomic E-state index is 12.0. The second kappa shape index (κ2) is 6.98. The van der Waals surface area contributed by atoms with Crippen LogP contribution in [0.4, 0.5) is 11.4 Å². The summed E-state index contributed by atoms with van der Waals surface area (Å²) in [6, 6.07) is 20.8. The Balaban J connectivity index is 1.66. The molecular weight excluding hydrogens is 420 g/mol. The first kappa shape index (κ1) is 19.6. The Morgan fingerprint density at radius 2 is 1.67 bits per heavy atom. The summed E-state index contributed by atoms with van der Waals surface area (Å²) in [5.74, 6) is 0. The van der Waals surface area contributed by atoms with E-state index in [1.165, 1.54) is 17.0 Å². The molecule has 0 amide bonds. The highest BCUT2D eigenvalue weighted by Gasteiger charge is 2.50. The van der Waals surface area contributed by atoms with Gasteiger partial charge in [-0.1, -0.05) is 48.5 Å². The molecule has 6 rings (SSSR count). The third kappa shape index (κ3) is 2.74. The van der Waals surface area contributed by atoms with Gasteiger partial charge in [-0.2, -0.15) is 0 Å². The van der Waals surface area contributed by atoms with Crippen LogP contribution in [0, 0.1) is 20.2 Å². The van der Waals surface area contributed by atoms with Crippen LogP contribution in [0.5, 0.6) is 0 Å². The number of rotatable bonds is 3. The van der Waals surface area contributed by atoms with E-state index in [1.54, 1.807) is 0 Å². The van der Waals surface area contributed by atoms with E-state index in [2.05, 4.69) is 34.1 Å². The van der Waals surface area contributed by atoms with Gasteiger partial charge < -0.3 is 4.98 Å². The van der Waals surface area contributed by atoms with E-state index in [1.807, 2.05) is 30.3 Å². The fraction of sp³-hybridized carbons (Fsp3) is 0.200. The molecule has 4 aromatic rings. The average Bonchev–Trinajstić information content (AvgIpc) is 3.22. The van der Waals surface area contributed by atoms with Crippen LogP contribution in [0.2, 0.25) is 0 Å². The smallest absolute Gasteiger partial charge is 0.279 e. The number of hydrogen-bond donors (Lipinski definition) is 1. The van der Waals surface area contributed by atoms with E-state index in [-0.39, 0.29) is 11.4 Å². The summed E-state index contributed by atoms with van der Waals surface area (Å²) in [5, 5.41) is 24.6. The van der Waals surface area contributed by atoms with E-state index >= 15 is 0 Å². The van der Waals surface area contributed by atoms with E-state index in [4.69, 9.17) is 0 Å². The molecule has 0 radical (unpaired) electrons. The normalized spacial score (nSPS) is 19.5. The number of nitro groups is 2. The molecule has 1 unspecified atom stereocenters. The predicted octanol–water partition coefficient (Wildman–Crippen LogP) is 4.84. The summed E-state index contributed by atoms with van der Waals surface area (Å²) in [5.41, 5.74) is 4.56. The Morgan fingerprint density at radius 3 is 2.42 bits per heavy atom. The summed E-state index contributed by atoms with van der Waals surface area (Å²) in [7, 11) is 0. The van der Waals surface area contributed by atoms with Crippen molar-refractivity contribution >= 4 is 22.3 Å². The number of nitrogens with zero attached hydrogens (tertiary/aromatic N) is 3. The van der Waals surface area contributed by atoms with Crippen molar-refractivity contribution in [1.29, 1.82) is 0 Å². The lowest BCUT2D eigenvalue weighted by atomic mass is 9.71. The van der Waals surface area contributed by atoms with E-state index < -0.39 is 15.4 Å². The zero-order valence-corrected chi connectivity index (χ0v) is 17.7. The Bertz CT molecular complexity index is 1450. The lowest BCUT2D eigenvalue weighted by molar-refractivity contribution is -0.394. The molecule has 0 fully saturated rings. The zero-order chi connectivity index (χ0) is 22.7. The summed E-state index contributed by atoms with van der Waals surface area (Å²) < 4.78 is 0. The van der Waals surface area contributed by atoms with Crippen LogP contribution in [0.15, 0.2) is 66.7 Å².